The molecule has 1 N–H and O–H groups in total. The number of hydrogen-bond donors (Lipinski definition) is 1. The van der Waals surface area contributed by atoms with Crippen LogP contribution < -0.4 is 5.32 Å². The number of hydrogen-bond acceptors (Lipinski definition) is 5. The van der Waals surface area contributed by atoms with Gasteiger partial charge in [-0.15, -0.1) is 11.3 Å². The van der Waals surface area contributed by atoms with Crippen LogP contribution in [0.4, 0.5) is 5.13 Å². The molecule has 8 heteroatoms. The van der Waals surface area contributed by atoms with Gasteiger partial charge in [0.1, 0.15) is 0 Å². The van der Waals surface area contributed by atoms with Crippen molar-refractivity contribution < 1.29 is 4.79 Å². The summed E-state index contributed by atoms with van der Waals surface area (Å²) in [5, 5.41) is 17.4. The summed E-state index contributed by atoms with van der Waals surface area (Å²) in [4.78, 5) is 17.7. The Morgan fingerprint density at radius 3 is 2.97 bits per heavy atom. The minimum absolute atomic E-state index is 0.0720. The second kappa shape index (κ2) is 9.68. The van der Waals surface area contributed by atoms with E-state index in [0.717, 1.165) is 33.8 Å². The highest BCUT2D eigenvalue weighted by Crippen LogP contribution is 2.23. The van der Waals surface area contributed by atoms with E-state index in [-0.39, 0.29) is 5.91 Å². The van der Waals surface area contributed by atoms with E-state index in [4.69, 9.17) is 16.9 Å². The molecule has 0 spiro atoms. The van der Waals surface area contributed by atoms with Crippen molar-refractivity contribution in [2.75, 3.05) is 5.32 Å². The summed E-state index contributed by atoms with van der Waals surface area (Å²) in [5.41, 5.74) is 4.10. The molecule has 6 nitrogen and oxygen atoms in total. The van der Waals surface area contributed by atoms with E-state index in [2.05, 4.69) is 21.5 Å². The van der Waals surface area contributed by atoms with E-state index < -0.39 is 0 Å². The van der Waals surface area contributed by atoms with Gasteiger partial charge in [-0.1, -0.05) is 23.7 Å². The van der Waals surface area contributed by atoms with Crippen LogP contribution in [0, 0.1) is 25.2 Å². The Kier molecular flexibility index (Phi) is 7.02. The minimum atomic E-state index is -0.0720. The summed E-state index contributed by atoms with van der Waals surface area (Å²) in [6.07, 6.45) is 3.90. The largest absolute Gasteiger partial charge is 0.302 e. The zero-order valence-electron chi connectivity index (χ0n) is 16.4. The van der Waals surface area contributed by atoms with Crippen molar-refractivity contribution in [1.29, 1.82) is 5.26 Å². The maximum absolute atomic E-state index is 12.4. The molecule has 0 aliphatic heterocycles. The minimum Gasteiger partial charge on any atom is -0.302 e. The van der Waals surface area contributed by atoms with Gasteiger partial charge in [-0.05, 0) is 43.5 Å². The highest BCUT2D eigenvalue weighted by molar-refractivity contribution is 7.15. The van der Waals surface area contributed by atoms with Crippen molar-refractivity contribution >= 4 is 34.0 Å². The van der Waals surface area contributed by atoms with Gasteiger partial charge in [0.15, 0.2) is 5.13 Å². The molecule has 150 valence electrons. The van der Waals surface area contributed by atoms with Crippen molar-refractivity contribution in [3.8, 4) is 6.07 Å². The Morgan fingerprint density at radius 2 is 2.21 bits per heavy atom. The second-order valence-corrected chi connectivity index (χ2v) is 8.32. The molecule has 3 aromatic rings. The fraction of sp³-hybridized carbons (Fsp3) is 0.333. The molecule has 0 bridgehead atoms. The fourth-order valence-electron chi connectivity index (χ4n) is 3.18. The third-order valence-corrected chi connectivity index (χ3v) is 5.78. The van der Waals surface area contributed by atoms with Crippen molar-refractivity contribution in [1.82, 2.24) is 14.8 Å². The summed E-state index contributed by atoms with van der Waals surface area (Å²) in [6, 6.07) is 9.85. The first-order chi connectivity index (χ1) is 14.0. The first-order valence-electron chi connectivity index (χ1n) is 9.35. The van der Waals surface area contributed by atoms with Crippen molar-refractivity contribution in [2.45, 2.75) is 46.1 Å². The lowest BCUT2D eigenvalue weighted by atomic mass is 10.1. The van der Waals surface area contributed by atoms with Gasteiger partial charge in [-0.25, -0.2) is 4.98 Å². The first-order valence-corrected chi connectivity index (χ1v) is 10.5. The maximum Gasteiger partial charge on any atom is 0.226 e. The topological polar surface area (TPSA) is 83.6 Å². The van der Waals surface area contributed by atoms with Crippen LogP contribution in [0.2, 0.25) is 5.02 Å². The van der Waals surface area contributed by atoms with Gasteiger partial charge in [-0.3, -0.25) is 9.48 Å². The number of aryl methyl sites for hydroxylation is 2. The predicted octanol–water partition coefficient (Wildman–Crippen LogP) is 4.69. The lowest BCUT2D eigenvalue weighted by Gasteiger charge is -2.04. The van der Waals surface area contributed by atoms with Gasteiger partial charge in [0.2, 0.25) is 5.91 Å². The number of amides is 1. The number of carbonyl (C=O) groups excluding carboxylic acids is 1. The number of rotatable bonds is 8. The van der Waals surface area contributed by atoms with Crippen LogP contribution in [0.15, 0.2) is 30.5 Å². The number of benzene rings is 1. The monoisotopic (exact) mass is 427 g/mol. The Hall–Kier alpha value is -2.69. The number of nitrogens with one attached hydrogen (secondary N) is 1. The van der Waals surface area contributed by atoms with Crippen LogP contribution in [-0.2, 0) is 24.2 Å². The summed E-state index contributed by atoms with van der Waals surface area (Å²) in [5.74, 6) is -0.0720. The fourth-order valence-corrected chi connectivity index (χ4v) is 4.26. The number of aromatic nitrogens is 3. The van der Waals surface area contributed by atoms with E-state index in [1.807, 2.05) is 42.8 Å². The van der Waals surface area contributed by atoms with Gasteiger partial charge < -0.3 is 5.32 Å². The van der Waals surface area contributed by atoms with E-state index in [9.17, 15) is 4.79 Å². The zero-order chi connectivity index (χ0) is 20.8. The maximum atomic E-state index is 12.4. The molecule has 29 heavy (non-hydrogen) atoms. The summed E-state index contributed by atoms with van der Waals surface area (Å²) in [7, 11) is 0. The molecule has 0 unspecified atom stereocenters. The van der Waals surface area contributed by atoms with Crippen LogP contribution >= 0.6 is 22.9 Å². The summed E-state index contributed by atoms with van der Waals surface area (Å²) >= 11 is 7.50. The lowest BCUT2D eigenvalue weighted by Crippen LogP contribution is -2.12. The number of thiazole rings is 1. The van der Waals surface area contributed by atoms with E-state index in [1.165, 1.54) is 11.3 Å². The van der Waals surface area contributed by atoms with Gasteiger partial charge in [0.05, 0.1) is 24.7 Å². The number of anilines is 1. The third kappa shape index (κ3) is 5.66. The molecule has 0 aliphatic carbocycles. The third-order valence-electron chi connectivity index (χ3n) is 4.64. The summed E-state index contributed by atoms with van der Waals surface area (Å²) in [6.45, 7) is 4.49. The van der Waals surface area contributed by atoms with Gasteiger partial charge in [-0.2, -0.15) is 10.4 Å². The van der Waals surface area contributed by atoms with Crippen LogP contribution in [0.1, 0.15) is 40.2 Å². The van der Waals surface area contributed by atoms with E-state index in [1.54, 1.807) is 6.20 Å². The highest BCUT2D eigenvalue weighted by atomic mass is 35.5. The van der Waals surface area contributed by atoms with Gasteiger partial charge in [0.25, 0.3) is 0 Å². The van der Waals surface area contributed by atoms with E-state index >= 15 is 0 Å². The molecule has 1 aromatic carbocycles. The number of carbonyl (C=O) groups is 1. The van der Waals surface area contributed by atoms with Crippen LogP contribution in [0.5, 0.6) is 0 Å². The van der Waals surface area contributed by atoms with E-state index in [0.29, 0.717) is 36.0 Å². The molecular weight excluding hydrogens is 406 g/mol. The predicted molar refractivity (Wildman–Crippen MR) is 115 cm³/mol. The Labute approximate surface area is 179 Å². The van der Waals surface area contributed by atoms with Crippen molar-refractivity contribution in [3.05, 3.63) is 62.9 Å². The van der Waals surface area contributed by atoms with Crippen molar-refractivity contribution in [2.24, 2.45) is 0 Å². The standard InChI is InChI=1S/C21H22ClN5OS/c1-14-19(15(2)27(26-14)10-4-9-23)7-8-20(28)25-21-24-13-18(29-21)12-16-5-3-6-17(22)11-16/h3,5-6,11,13H,4,7-8,10,12H2,1-2H3,(H,24,25,28). The average molecular weight is 428 g/mol. The molecule has 0 fully saturated rings. The molecule has 0 atom stereocenters. The lowest BCUT2D eigenvalue weighted by molar-refractivity contribution is -0.116. The number of nitriles is 1. The van der Waals surface area contributed by atoms with Crippen LogP contribution in [0.3, 0.4) is 0 Å². The van der Waals surface area contributed by atoms with Gasteiger partial charge in [0, 0.05) is 34.6 Å². The molecule has 3 rings (SSSR count). The molecule has 2 aromatic heterocycles. The highest BCUT2D eigenvalue weighted by Gasteiger charge is 2.14. The normalized spacial score (nSPS) is 10.7. The van der Waals surface area contributed by atoms with Crippen LogP contribution in [0.25, 0.3) is 0 Å². The van der Waals surface area contributed by atoms with Gasteiger partial charge >= 0.3 is 0 Å². The number of nitrogens with zero attached hydrogens (tertiary/aromatic N) is 4. The molecular formula is C21H22ClN5OS. The van der Waals surface area contributed by atoms with Crippen LogP contribution in [-0.4, -0.2) is 20.7 Å². The zero-order valence-corrected chi connectivity index (χ0v) is 18.0. The number of halogens is 1. The second-order valence-electron chi connectivity index (χ2n) is 6.77. The smallest absolute Gasteiger partial charge is 0.226 e. The molecule has 0 radical (unpaired) electrons. The Bertz CT molecular complexity index is 1050. The average Bonchev–Trinajstić information content (AvgIpc) is 3.22. The molecule has 0 aliphatic rings. The summed E-state index contributed by atoms with van der Waals surface area (Å²) < 4.78 is 1.84. The van der Waals surface area contributed by atoms with Crippen molar-refractivity contribution in [3.63, 3.8) is 0 Å². The SMILES string of the molecule is Cc1nn(CCC#N)c(C)c1CCC(=O)Nc1ncc(Cc2cccc(Cl)c2)s1. The Balaban J connectivity index is 1.55. The molecule has 0 saturated carbocycles. The molecule has 0 saturated heterocycles. The quantitative estimate of drug-likeness (QED) is 0.565. The first kappa shape index (κ1) is 21.0. The Morgan fingerprint density at radius 1 is 1.38 bits per heavy atom. The molecule has 2 heterocycles. The molecule has 1 amide bonds.